The van der Waals surface area contributed by atoms with Gasteiger partial charge in [0.15, 0.2) is 0 Å². The molecule has 0 saturated heterocycles. The Kier molecular flexibility index (Phi) is 4.85. The van der Waals surface area contributed by atoms with Crippen LogP contribution in [0.15, 0.2) is 22.9 Å². The molecule has 0 rings (SSSR count). The van der Waals surface area contributed by atoms with E-state index in [-0.39, 0.29) is 0 Å². The van der Waals surface area contributed by atoms with Gasteiger partial charge in [-0.1, -0.05) is 19.9 Å². The molecule has 0 bridgehead atoms. The molecule has 1 heteroatoms. The lowest BCUT2D eigenvalue weighted by atomic mass is 10.2. The second kappa shape index (κ2) is 5.33. The number of aliphatic imine (C=N–C) groups is 1. The van der Waals surface area contributed by atoms with E-state index < -0.39 is 0 Å². The van der Waals surface area contributed by atoms with Crippen molar-refractivity contribution < 1.29 is 0 Å². The SMILES string of the molecule is C=C=C(CCC)CN=C. The second-order valence-corrected chi connectivity index (χ2v) is 1.91. The zero-order chi connectivity index (χ0) is 7.11. The molecular weight excluding hydrogens is 110 g/mol. The molecule has 0 aromatic heterocycles. The van der Waals surface area contributed by atoms with Crippen LogP contribution in [0, 0.1) is 0 Å². The van der Waals surface area contributed by atoms with E-state index in [1.54, 1.807) is 0 Å². The van der Waals surface area contributed by atoms with E-state index in [2.05, 4.69) is 30.9 Å². The molecule has 0 spiro atoms. The van der Waals surface area contributed by atoms with Crippen molar-refractivity contribution in [1.29, 1.82) is 0 Å². The fourth-order valence-corrected chi connectivity index (χ4v) is 0.660. The fraction of sp³-hybridized carbons (Fsp3) is 0.500. The molecule has 9 heavy (non-hydrogen) atoms. The minimum atomic E-state index is 0.692. The molecule has 0 fully saturated rings. The molecule has 0 aliphatic rings. The first-order valence-corrected chi connectivity index (χ1v) is 3.15. The van der Waals surface area contributed by atoms with Gasteiger partial charge in [-0.15, -0.1) is 5.73 Å². The average Bonchev–Trinajstić information content (AvgIpc) is 1.88. The maximum atomic E-state index is 3.74. The van der Waals surface area contributed by atoms with Gasteiger partial charge in [0, 0.05) is 0 Å². The molecule has 0 amide bonds. The van der Waals surface area contributed by atoms with Crippen molar-refractivity contribution in [2.45, 2.75) is 19.8 Å². The molecule has 0 radical (unpaired) electrons. The molecule has 0 unspecified atom stereocenters. The first-order valence-electron chi connectivity index (χ1n) is 3.15. The van der Waals surface area contributed by atoms with Crippen molar-refractivity contribution >= 4 is 6.72 Å². The van der Waals surface area contributed by atoms with E-state index >= 15 is 0 Å². The van der Waals surface area contributed by atoms with Crippen LogP contribution in [-0.4, -0.2) is 13.3 Å². The van der Waals surface area contributed by atoms with Gasteiger partial charge in [-0.2, -0.15) is 0 Å². The Bertz CT molecular complexity index is 130. The number of rotatable bonds is 4. The lowest BCUT2D eigenvalue weighted by molar-refractivity contribution is 0.879. The maximum Gasteiger partial charge on any atom is 0.0666 e. The van der Waals surface area contributed by atoms with Crippen LogP contribution in [0.5, 0.6) is 0 Å². The van der Waals surface area contributed by atoms with Crippen LogP contribution in [0.2, 0.25) is 0 Å². The number of nitrogens with zero attached hydrogens (tertiary/aromatic N) is 1. The van der Waals surface area contributed by atoms with Gasteiger partial charge in [-0.05, 0) is 18.7 Å². The minimum absolute atomic E-state index is 0.692. The molecule has 0 aromatic carbocycles. The third kappa shape index (κ3) is 3.75. The predicted octanol–water partition coefficient (Wildman–Crippen LogP) is 2.20. The van der Waals surface area contributed by atoms with E-state index in [0.717, 1.165) is 18.4 Å². The highest BCUT2D eigenvalue weighted by Crippen LogP contribution is 2.01. The van der Waals surface area contributed by atoms with E-state index in [0.29, 0.717) is 6.54 Å². The van der Waals surface area contributed by atoms with Crippen molar-refractivity contribution in [3.05, 3.63) is 17.9 Å². The Balaban J connectivity index is 3.69. The highest BCUT2D eigenvalue weighted by Gasteiger charge is 1.89. The summed E-state index contributed by atoms with van der Waals surface area (Å²) < 4.78 is 0. The van der Waals surface area contributed by atoms with Gasteiger partial charge in [0.1, 0.15) is 0 Å². The lowest BCUT2D eigenvalue weighted by Gasteiger charge is -1.94. The minimum Gasteiger partial charge on any atom is -0.296 e. The van der Waals surface area contributed by atoms with Crippen molar-refractivity contribution in [2.75, 3.05) is 6.54 Å². The average molecular weight is 123 g/mol. The van der Waals surface area contributed by atoms with Crippen LogP contribution in [-0.2, 0) is 0 Å². The molecule has 0 N–H and O–H groups in total. The molecule has 0 aliphatic heterocycles. The van der Waals surface area contributed by atoms with E-state index in [1.807, 2.05) is 0 Å². The third-order valence-corrected chi connectivity index (χ3v) is 1.10. The zero-order valence-electron chi connectivity index (χ0n) is 5.98. The van der Waals surface area contributed by atoms with Crippen LogP contribution < -0.4 is 0 Å². The summed E-state index contributed by atoms with van der Waals surface area (Å²) in [5.41, 5.74) is 4.00. The summed E-state index contributed by atoms with van der Waals surface area (Å²) in [6.07, 6.45) is 2.18. The van der Waals surface area contributed by atoms with Gasteiger partial charge >= 0.3 is 0 Å². The quantitative estimate of drug-likeness (QED) is 0.401. The standard InChI is InChI=1S/C8H13N/c1-4-6-8(5-2)7-9-3/h2-4,6-7H2,1H3. The van der Waals surface area contributed by atoms with Crippen molar-refractivity contribution in [1.82, 2.24) is 0 Å². The molecule has 50 valence electrons. The largest absolute Gasteiger partial charge is 0.296 e. The Morgan fingerprint density at radius 3 is 2.67 bits per heavy atom. The summed E-state index contributed by atoms with van der Waals surface area (Å²) in [5, 5.41) is 0. The van der Waals surface area contributed by atoms with Crippen molar-refractivity contribution in [3.63, 3.8) is 0 Å². The molecular formula is C8H13N. The summed E-state index contributed by atoms with van der Waals surface area (Å²) in [6, 6.07) is 0. The molecule has 0 atom stereocenters. The van der Waals surface area contributed by atoms with Gasteiger partial charge < -0.3 is 0 Å². The molecule has 0 aromatic rings. The van der Waals surface area contributed by atoms with Crippen LogP contribution in [0.4, 0.5) is 0 Å². The Morgan fingerprint density at radius 1 is 1.67 bits per heavy atom. The van der Waals surface area contributed by atoms with Crippen molar-refractivity contribution in [3.8, 4) is 0 Å². The van der Waals surface area contributed by atoms with E-state index in [4.69, 9.17) is 0 Å². The Labute approximate surface area is 56.8 Å². The van der Waals surface area contributed by atoms with E-state index in [9.17, 15) is 0 Å². The normalized spacial score (nSPS) is 8.11. The highest BCUT2D eigenvalue weighted by molar-refractivity contribution is 5.24. The summed E-state index contributed by atoms with van der Waals surface area (Å²) >= 11 is 0. The van der Waals surface area contributed by atoms with Gasteiger partial charge in [0.25, 0.3) is 0 Å². The smallest absolute Gasteiger partial charge is 0.0666 e. The summed E-state index contributed by atoms with van der Waals surface area (Å²) in [6.45, 7) is 9.76. The summed E-state index contributed by atoms with van der Waals surface area (Å²) in [4.78, 5) is 3.74. The van der Waals surface area contributed by atoms with Crippen molar-refractivity contribution in [2.24, 2.45) is 4.99 Å². The van der Waals surface area contributed by atoms with E-state index in [1.165, 1.54) is 0 Å². The molecule has 0 aliphatic carbocycles. The topological polar surface area (TPSA) is 12.4 Å². The Hall–Kier alpha value is -0.810. The van der Waals surface area contributed by atoms with Crippen LogP contribution in [0.1, 0.15) is 19.8 Å². The first-order chi connectivity index (χ1) is 4.35. The van der Waals surface area contributed by atoms with Gasteiger partial charge in [-0.25, -0.2) is 0 Å². The zero-order valence-corrected chi connectivity index (χ0v) is 5.98. The van der Waals surface area contributed by atoms with Gasteiger partial charge in [-0.3, -0.25) is 4.99 Å². The van der Waals surface area contributed by atoms with Gasteiger partial charge in [0.05, 0.1) is 6.54 Å². The van der Waals surface area contributed by atoms with Gasteiger partial charge in [0.2, 0.25) is 0 Å². The van der Waals surface area contributed by atoms with Crippen LogP contribution in [0.25, 0.3) is 0 Å². The third-order valence-electron chi connectivity index (χ3n) is 1.10. The summed E-state index contributed by atoms with van der Waals surface area (Å²) in [7, 11) is 0. The second-order valence-electron chi connectivity index (χ2n) is 1.91. The van der Waals surface area contributed by atoms with Crippen LogP contribution >= 0.6 is 0 Å². The first kappa shape index (κ1) is 8.19. The fourth-order valence-electron chi connectivity index (χ4n) is 0.660. The Morgan fingerprint density at radius 2 is 2.33 bits per heavy atom. The number of hydrogen-bond donors (Lipinski definition) is 0. The lowest BCUT2D eigenvalue weighted by Crippen LogP contribution is -1.84. The maximum absolute atomic E-state index is 3.74. The summed E-state index contributed by atoms with van der Waals surface area (Å²) in [5.74, 6) is 0. The molecule has 0 heterocycles. The monoisotopic (exact) mass is 123 g/mol. The highest BCUT2D eigenvalue weighted by atomic mass is 14.7. The van der Waals surface area contributed by atoms with Crippen LogP contribution in [0.3, 0.4) is 0 Å². The number of hydrogen-bond acceptors (Lipinski definition) is 1. The predicted molar refractivity (Wildman–Crippen MR) is 42.0 cm³/mol. The molecule has 0 saturated carbocycles. The molecule has 1 nitrogen and oxygen atoms in total.